The number of aliphatic hydroxyl groups is 1. The monoisotopic (exact) mass is 535 g/mol. The van der Waals surface area contributed by atoms with Crippen molar-refractivity contribution in [3.8, 4) is 11.5 Å². The Morgan fingerprint density at radius 2 is 1.63 bits per heavy atom. The number of amides is 1. The molecule has 0 radical (unpaired) electrons. The van der Waals surface area contributed by atoms with Gasteiger partial charge >= 0.3 is 0 Å². The van der Waals surface area contributed by atoms with Crippen molar-refractivity contribution in [1.82, 2.24) is 0 Å². The highest BCUT2D eigenvalue weighted by Gasteiger charge is 2.47. The zero-order valence-electron chi connectivity index (χ0n) is 18.3. The Kier molecular flexibility index (Phi) is 6.94. The quantitative estimate of drug-likeness (QED) is 0.231. The van der Waals surface area contributed by atoms with E-state index in [-0.39, 0.29) is 43.4 Å². The number of hydrogen-bond acceptors (Lipinski definition) is 5. The molecule has 0 saturated carbocycles. The highest BCUT2D eigenvalue weighted by atomic mass is 35.5. The third-order valence-electron chi connectivity index (χ3n) is 5.52. The Morgan fingerprint density at radius 3 is 2.26 bits per heavy atom. The maximum atomic E-state index is 14.1. The van der Waals surface area contributed by atoms with Crippen LogP contribution >= 0.6 is 34.8 Å². The van der Waals surface area contributed by atoms with Gasteiger partial charge in [-0.15, -0.1) is 0 Å². The second-order valence-corrected chi connectivity index (χ2v) is 8.73. The normalized spacial score (nSPS) is 17.1. The van der Waals surface area contributed by atoms with Crippen LogP contribution in [0.1, 0.15) is 17.2 Å². The minimum absolute atomic E-state index is 0.0561. The summed E-state index contributed by atoms with van der Waals surface area (Å²) < 4.78 is 24.6. The first-order valence-electron chi connectivity index (χ1n) is 10.1. The van der Waals surface area contributed by atoms with Crippen molar-refractivity contribution in [3.63, 3.8) is 0 Å². The molecule has 3 aromatic rings. The van der Waals surface area contributed by atoms with Gasteiger partial charge in [0.25, 0.3) is 11.7 Å². The molecular formula is C25H17Cl3FNO5. The number of anilines is 1. The largest absolute Gasteiger partial charge is 0.507 e. The lowest BCUT2D eigenvalue weighted by molar-refractivity contribution is -0.132. The number of ketones is 1. The number of benzene rings is 3. The molecule has 6 nitrogen and oxygen atoms in total. The average Bonchev–Trinajstić information content (AvgIpc) is 3.10. The molecule has 0 spiro atoms. The number of Topliss-reactive ketones (excluding diaryl/α,β-unsaturated/α-hetero) is 1. The lowest BCUT2D eigenvalue weighted by Crippen LogP contribution is -2.29. The fraction of sp³-hybridized carbons (Fsp3) is 0.120. The number of nitrogens with zero attached hydrogens (tertiary/aromatic N) is 1. The zero-order valence-corrected chi connectivity index (χ0v) is 20.6. The summed E-state index contributed by atoms with van der Waals surface area (Å²) in [6, 6.07) is 11.4. The predicted molar refractivity (Wildman–Crippen MR) is 132 cm³/mol. The minimum atomic E-state index is -1.16. The summed E-state index contributed by atoms with van der Waals surface area (Å²) in [5.74, 6) is -2.68. The number of carbonyl (C=O) groups excluding carboxylic acids is 2. The lowest BCUT2D eigenvalue weighted by Gasteiger charge is -2.26. The van der Waals surface area contributed by atoms with E-state index in [4.69, 9.17) is 44.3 Å². The van der Waals surface area contributed by atoms with Crippen LogP contribution < -0.4 is 14.4 Å². The molecule has 0 aromatic heterocycles. The number of halogens is 4. The van der Waals surface area contributed by atoms with Crippen molar-refractivity contribution >= 4 is 57.9 Å². The van der Waals surface area contributed by atoms with E-state index in [0.717, 1.165) is 11.0 Å². The van der Waals surface area contributed by atoms with Crippen LogP contribution in [0, 0.1) is 5.82 Å². The van der Waals surface area contributed by atoms with Crippen molar-refractivity contribution in [2.45, 2.75) is 6.04 Å². The van der Waals surface area contributed by atoms with Crippen LogP contribution in [0.15, 0.2) is 60.2 Å². The van der Waals surface area contributed by atoms with Crippen molar-refractivity contribution in [2.75, 3.05) is 19.1 Å². The van der Waals surface area contributed by atoms with E-state index < -0.39 is 29.3 Å². The Hall–Kier alpha value is -3.26. The van der Waals surface area contributed by atoms with Crippen LogP contribution in [-0.4, -0.2) is 31.0 Å². The van der Waals surface area contributed by atoms with Crippen molar-refractivity contribution < 1.29 is 28.6 Å². The molecule has 1 heterocycles. The van der Waals surface area contributed by atoms with Crippen LogP contribution in [0.5, 0.6) is 11.5 Å². The number of aliphatic hydroxyl groups excluding tert-OH is 1. The highest BCUT2D eigenvalue weighted by molar-refractivity contribution is 6.52. The third-order valence-corrected chi connectivity index (χ3v) is 6.55. The molecule has 180 valence electrons. The molecule has 1 atom stereocenters. The molecule has 1 unspecified atom stereocenters. The van der Waals surface area contributed by atoms with Crippen LogP contribution in [0.3, 0.4) is 0 Å². The first kappa shape index (κ1) is 24.9. The van der Waals surface area contributed by atoms with Crippen molar-refractivity contribution in [3.05, 3.63) is 92.2 Å². The zero-order chi connectivity index (χ0) is 25.4. The molecule has 35 heavy (non-hydrogen) atoms. The molecule has 1 saturated heterocycles. The molecule has 0 bridgehead atoms. The van der Waals surface area contributed by atoms with E-state index in [9.17, 15) is 19.1 Å². The van der Waals surface area contributed by atoms with Gasteiger partial charge in [0, 0.05) is 11.8 Å². The van der Waals surface area contributed by atoms with Gasteiger partial charge in [0.05, 0.1) is 46.5 Å². The second kappa shape index (κ2) is 9.77. The van der Waals surface area contributed by atoms with E-state index in [1.807, 2.05) is 0 Å². The van der Waals surface area contributed by atoms with Crippen LogP contribution in [0.2, 0.25) is 15.1 Å². The minimum Gasteiger partial charge on any atom is -0.507 e. The highest BCUT2D eigenvalue weighted by Crippen LogP contribution is 2.45. The van der Waals surface area contributed by atoms with Gasteiger partial charge < -0.3 is 14.6 Å². The Balaban J connectivity index is 2.01. The van der Waals surface area contributed by atoms with Gasteiger partial charge in [0.2, 0.25) is 0 Å². The van der Waals surface area contributed by atoms with Gasteiger partial charge in [-0.1, -0.05) is 46.9 Å². The molecule has 1 aliphatic heterocycles. The summed E-state index contributed by atoms with van der Waals surface area (Å²) in [5, 5.41) is 11.9. The summed E-state index contributed by atoms with van der Waals surface area (Å²) in [6.07, 6.45) is 0. The summed E-state index contributed by atoms with van der Waals surface area (Å²) in [6.45, 7) is 0. The maximum Gasteiger partial charge on any atom is 0.300 e. The van der Waals surface area contributed by atoms with Crippen molar-refractivity contribution in [1.29, 1.82) is 0 Å². The molecular weight excluding hydrogens is 520 g/mol. The van der Waals surface area contributed by atoms with Gasteiger partial charge in [-0.25, -0.2) is 4.39 Å². The molecule has 1 amide bonds. The molecule has 1 N–H and O–H groups in total. The topological polar surface area (TPSA) is 76.1 Å². The van der Waals surface area contributed by atoms with E-state index >= 15 is 0 Å². The Labute approximate surface area is 215 Å². The molecule has 4 rings (SSSR count). The molecule has 10 heteroatoms. The summed E-state index contributed by atoms with van der Waals surface area (Å²) >= 11 is 18.5. The van der Waals surface area contributed by atoms with E-state index in [1.54, 1.807) is 6.07 Å². The third kappa shape index (κ3) is 4.43. The summed E-state index contributed by atoms with van der Waals surface area (Å²) in [5.41, 5.74) is 0.266. The van der Waals surface area contributed by atoms with E-state index in [1.165, 1.54) is 56.7 Å². The number of carbonyl (C=O) groups is 2. The fourth-order valence-corrected chi connectivity index (χ4v) is 4.46. The Bertz CT molecular complexity index is 1390. The summed E-state index contributed by atoms with van der Waals surface area (Å²) in [4.78, 5) is 27.6. The molecule has 1 aliphatic rings. The van der Waals surface area contributed by atoms with E-state index in [2.05, 4.69) is 0 Å². The number of methoxy groups -OCH3 is 2. The van der Waals surface area contributed by atoms with Gasteiger partial charge in [-0.2, -0.15) is 0 Å². The first-order chi connectivity index (χ1) is 16.7. The second-order valence-electron chi connectivity index (χ2n) is 7.51. The maximum absolute atomic E-state index is 14.1. The van der Waals surface area contributed by atoms with Crippen LogP contribution in [0.25, 0.3) is 5.76 Å². The number of rotatable bonds is 5. The molecule has 3 aromatic carbocycles. The first-order valence-corrected chi connectivity index (χ1v) is 11.2. The average molecular weight is 537 g/mol. The predicted octanol–water partition coefficient (Wildman–Crippen LogP) is 6.43. The van der Waals surface area contributed by atoms with Gasteiger partial charge in [0.15, 0.2) is 0 Å². The van der Waals surface area contributed by atoms with Crippen LogP contribution in [-0.2, 0) is 9.59 Å². The summed E-state index contributed by atoms with van der Waals surface area (Å²) in [7, 11) is 2.77. The van der Waals surface area contributed by atoms with Gasteiger partial charge in [0.1, 0.15) is 23.1 Å². The Morgan fingerprint density at radius 1 is 0.914 bits per heavy atom. The van der Waals surface area contributed by atoms with E-state index in [0.29, 0.717) is 5.56 Å². The fourth-order valence-electron chi connectivity index (χ4n) is 3.91. The van der Waals surface area contributed by atoms with Crippen LogP contribution in [0.4, 0.5) is 10.1 Å². The lowest BCUT2D eigenvalue weighted by atomic mass is 9.94. The van der Waals surface area contributed by atoms with Gasteiger partial charge in [-0.3, -0.25) is 14.5 Å². The SMILES string of the molecule is COc1cc(OC)c(/C(O)=C2\C(=O)C(=O)N(c3cccc(F)c3)C2c2ccc(Cl)c(Cl)c2)cc1Cl. The molecule has 0 aliphatic carbocycles. The number of ether oxygens (including phenoxy) is 2. The number of hydrogen-bond donors (Lipinski definition) is 1. The smallest absolute Gasteiger partial charge is 0.300 e. The molecule has 1 fully saturated rings. The van der Waals surface area contributed by atoms with Crippen molar-refractivity contribution in [2.24, 2.45) is 0 Å². The standard InChI is InChI=1S/C25H17Cl3FNO5/c1-34-19-11-20(35-2)18(28)10-15(19)23(31)21-22(12-6-7-16(26)17(27)8-12)30(25(33)24(21)32)14-5-3-4-13(29)9-14/h3-11,22,31H,1-2H3/b23-21+. The van der Waals surface area contributed by atoms with Gasteiger partial charge in [-0.05, 0) is 42.0 Å².